The van der Waals surface area contributed by atoms with Crippen molar-refractivity contribution in [2.75, 3.05) is 13.1 Å². The normalized spacial score (nSPS) is 17.2. The third-order valence-corrected chi connectivity index (χ3v) is 2.17. The van der Waals surface area contributed by atoms with E-state index >= 15 is 0 Å². The van der Waals surface area contributed by atoms with Crippen LogP contribution in [0.15, 0.2) is 6.20 Å². The Bertz CT molecular complexity index is 327. The van der Waals surface area contributed by atoms with Crippen LogP contribution >= 0.6 is 0 Å². The number of amides is 1. The molecule has 0 N–H and O–H groups in total. The van der Waals surface area contributed by atoms with Crippen LogP contribution in [0.2, 0.25) is 0 Å². The van der Waals surface area contributed by atoms with E-state index in [2.05, 4.69) is 17.2 Å². The Morgan fingerprint density at radius 2 is 2.31 bits per heavy atom. The van der Waals surface area contributed by atoms with E-state index in [9.17, 15) is 4.79 Å². The van der Waals surface area contributed by atoms with Crippen LogP contribution in [0.25, 0.3) is 0 Å². The van der Waals surface area contributed by atoms with Gasteiger partial charge in [-0.05, 0) is 5.92 Å². The van der Waals surface area contributed by atoms with E-state index in [1.807, 2.05) is 0 Å². The van der Waals surface area contributed by atoms with Crippen molar-refractivity contribution in [2.45, 2.75) is 6.92 Å². The maximum atomic E-state index is 11.6. The molecule has 1 aromatic heterocycles. The Labute approximate surface area is 76.3 Å². The van der Waals surface area contributed by atoms with Gasteiger partial charge < -0.3 is 4.90 Å². The van der Waals surface area contributed by atoms with Gasteiger partial charge in [0.1, 0.15) is 0 Å². The first-order chi connectivity index (χ1) is 6.16. The molecule has 1 aliphatic heterocycles. The number of aromatic nitrogens is 3. The standard InChI is InChI=1S/C8H12N4O/c1-6-3-12(4-6)8(13)7-5-11(2)10-9-7/h5-6H,3-4H2,1-2H3. The van der Waals surface area contributed by atoms with E-state index in [-0.39, 0.29) is 5.91 Å². The smallest absolute Gasteiger partial charge is 0.276 e. The molecule has 5 nitrogen and oxygen atoms in total. The Hall–Kier alpha value is -1.39. The molecule has 70 valence electrons. The Morgan fingerprint density at radius 1 is 1.62 bits per heavy atom. The molecule has 0 spiro atoms. The van der Waals surface area contributed by atoms with Gasteiger partial charge in [0, 0.05) is 20.1 Å². The van der Waals surface area contributed by atoms with Crippen molar-refractivity contribution in [3.05, 3.63) is 11.9 Å². The van der Waals surface area contributed by atoms with Crippen molar-refractivity contribution in [3.8, 4) is 0 Å². The molecule has 1 fully saturated rings. The van der Waals surface area contributed by atoms with Crippen molar-refractivity contribution in [3.63, 3.8) is 0 Å². The largest absolute Gasteiger partial charge is 0.337 e. The van der Waals surface area contributed by atoms with Gasteiger partial charge in [-0.3, -0.25) is 9.48 Å². The minimum Gasteiger partial charge on any atom is -0.337 e. The average Bonchev–Trinajstić information content (AvgIpc) is 2.45. The highest BCUT2D eigenvalue weighted by molar-refractivity contribution is 5.92. The predicted molar refractivity (Wildman–Crippen MR) is 46.1 cm³/mol. The van der Waals surface area contributed by atoms with Gasteiger partial charge in [-0.15, -0.1) is 5.10 Å². The fourth-order valence-corrected chi connectivity index (χ4v) is 1.47. The van der Waals surface area contributed by atoms with Gasteiger partial charge in [0.2, 0.25) is 0 Å². The molecule has 1 aromatic rings. The second-order valence-corrected chi connectivity index (χ2v) is 3.59. The summed E-state index contributed by atoms with van der Waals surface area (Å²) in [5.74, 6) is 0.617. The van der Waals surface area contributed by atoms with Gasteiger partial charge >= 0.3 is 0 Å². The van der Waals surface area contributed by atoms with Gasteiger partial charge in [-0.25, -0.2) is 0 Å². The maximum Gasteiger partial charge on any atom is 0.276 e. The molecule has 2 heterocycles. The SMILES string of the molecule is CC1CN(C(=O)c2cn(C)nn2)C1. The highest BCUT2D eigenvalue weighted by Crippen LogP contribution is 2.16. The quantitative estimate of drug-likeness (QED) is 0.606. The van der Waals surface area contributed by atoms with Crippen LogP contribution in [-0.4, -0.2) is 38.9 Å². The van der Waals surface area contributed by atoms with Crippen molar-refractivity contribution >= 4 is 5.91 Å². The lowest BCUT2D eigenvalue weighted by molar-refractivity contribution is 0.0524. The summed E-state index contributed by atoms with van der Waals surface area (Å²) in [6.07, 6.45) is 1.64. The Balaban J connectivity index is 2.06. The molecule has 0 radical (unpaired) electrons. The summed E-state index contributed by atoms with van der Waals surface area (Å²) in [7, 11) is 1.75. The molecule has 0 unspecified atom stereocenters. The molecule has 13 heavy (non-hydrogen) atoms. The van der Waals surface area contributed by atoms with E-state index in [1.54, 1.807) is 18.1 Å². The molecule has 1 aliphatic rings. The fraction of sp³-hybridized carbons (Fsp3) is 0.625. The van der Waals surface area contributed by atoms with Crippen LogP contribution in [0.3, 0.4) is 0 Å². The summed E-state index contributed by atoms with van der Waals surface area (Å²) in [4.78, 5) is 13.4. The first-order valence-corrected chi connectivity index (χ1v) is 4.32. The summed E-state index contributed by atoms with van der Waals surface area (Å²) in [6.45, 7) is 3.81. The number of aryl methyl sites for hydroxylation is 1. The van der Waals surface area contributed by atoms with Crippen molar-refractivity contribution < 1.29 is 4.79 Å². The lowest BCUT2D eigenvalue weighted by Gasteiger charge is -2.36. The second kappa shape index (κ2) is 2.83. The van der Waals surface area contributed by atoms with E-state index in [1.165, 1.54) is 4.68 Å². The first-order valence-electron chi connectivity index (χ1n) is 4.32. The van der Waals surface area contributed by atoms with Crippen LogP contribution in [0.5, 0.6) is 0 Å². The lowest BCUT2D eigenvalue weighted by Crippen LogP contribution is -2.48. The van der Waals surface area contributed by atoms with Crippen molar-refractivity contribution in [1.82, 2.24) is 19.9 Å². The summed E-state index contributed by atoms with van der Waals surface area (Å²) in [6, 6.07) is 0. The third kappa shape index (κ3) is 1.41. The monoisotopic (exact) mass is 180 g/mol. The van der Waals surface area contributed by atoms with Gasteiger partial charge in [0.05, 0.1) is 6.20 Å². The van der Waals surface area contributed by atoms with Crippen molar-refractivity contribution in [1.29, 1.82) is 0 Å². The van der Waals surface area contributed by atoms with E-state index in [0.29, 0.717) is 11.6 Å². The number of likely N-dealkylation sites (tertiary alicyclic amines) is 1. The zero-order valence-corrected chi connectivity index (χ0v) is 7.77. The minimum absolute atomic E-state index is 0.00815. The molecular weight excluding hydrogens is 168 g/mol. The third-order valence-electron chi connectivity index (χ3n) is 2.17. The molecule has 0 aliphatic carbocycles. The Kier molecular flexibility index (Phi) is 1.79. The summed E-state index contributed by atoms with van der Waals surface area (Å²) in [5.41, 5.74) is 0.439. The zero-order valence-electron chi connectivity index (χ0n) is 7.77. The summed E-state index contributed by atoms with van der Waals surface area (Å²) >= 11 is 0. The topological polar surface area (TPSA) is 51.0 Å². The summed E-state index contributed by atoms with van der Waals surface area (Å²) in [5, 5.41) is 7.48. The molecule has 0 bridgehead atoms. The van der Waals surface area contributed by atoms with Crippen LogP contribution in [0.1, 0.15) is 17.4 Å². The molecule has 2 rings (SSSR count). The predicted octanol–water partition coefficient (Wildman–Crippen LogP) is -0.0930. The van der Waals surface area contributed by atoms with E-state index < -0.39 is 0 Å². The molecule has 1 saturated heterocycles. The number of nitrogens with zero attached hydrogens (tertiary/aromatic N) is 4. The number of rotatable bonds is 1. The van der Waals surface area contributed by atoms with Crippen LogP contribution in [-0.2, 0) is 7.05 Å². The number of carbonyl (C=O) groups excluding carboxylic acids is 1. The average molecular weight is 180 g/mol. The highest BCUT2D eigenvalue weighted by Gasteiger charge is 2.29. The van der Waals surface area contributed by atoms with E-state index in [0.717, 1.165) is 13.1 Å². The van der Waals surface area contributed by atoms with Gasteiger partial charge in [-0.2, -0.15) is 0 Å². The zero-order chi connectivity index (χ0) is 9.42. The number of hydrogen-bond donors (Lipinski definition) is 0. The molecule has 0 saturated carbocycles. The van der Waals surface area contributed by atoms with Crippen LogP contribution in [0.4, 0.5) is 0 Å². The first kappa shape index (κ1) is 8.22. The van der Waals surface area contributed by atoms with Crippen LogP contribution < -0.4 is 0 Å². The molecular formula is C8H12N4O. The van der Waals surface area contributed by atoms with Crippen LogP contribution in [0, 0.1) is 5.92 Å². The fourth-order valence-electron chi connectivity index (χ4n) is 1.47. The molecule has 0 atom stereocenters. The maximum absolute atomic E-state index is 11.6. The highest BCUT2D eigenvalue weighted by atomic mass is 16.2. The van der Waals surface area contributed by atoms with Gasteiger partial charge in [-0.1, -0.05) is 12.1 Å². The Morgan fingerprint density at radius 3 is 2.77 bits per heavy atom. The number of hydrogen-bond acceptors (Lipinski definition) is 3. The van der Waals surface area contributed by atoms with Gasteiger partial charge in [0.15, 0.2) is 5.69 Å². The molecule has 5 heteroatoms. The van der Waals surface area contributed by atoms with E-state index in [4.69, 9.17) is 0 Å². The minimum atomic E-state index is -0.00815. The second-order valence-electron chi connectivity index (χ2n) is 3.59. The van der Waals surface area contributed by atoms with Gasteiger partial charge in [0.25, 0.3) is 5.91 Å². The lowest BCUT2D eigenvalue weighted by atomic mass is 10.0. The molecule has 1 amide bonds. The van der Waals surface area contributed by atoms with Crippen molar-refractivity contribution in [2.24, 2.45) is 13.0 Å². The molecule has 0 aromatic carbocycles. The summed E-state index contributed by atoms with van der Waals surface area (Å²) < 4.78 is 1.54. The number of carbonyl (C=O) groups is 1.